The number of hydrogen-bond acceptors (Lipinski definition) is 3. The standard InChI is InChI=1S/C13H18BrClN2O2S.ClH/c1-9(16)10-5-7-17(8-6-10)20(18,19)12-4-2-3-11(14)13(12)15;/h2-4,9-10H,5-8,16H2,1H3;1H. The van der Waals surface area contributed by atoms with Crippen molar-refractivity contribution in [1.82, 2.24) is 4.31 Å². The highest BCUT2D eigenvalue weighted by Crippen LogP contribution is 2.33. The van der Waals surface area contributed by atoms with Crippen LogP contribution in [0.2, 0.25) is 5.02 Å². The molecule has 120 valence electrons. The Balaban J connectivity index is 0.00000220. The molecule has 2 rings (SSSR count). The van der Waals surface area contributed by atoms with Crippen LogP contribution in [0, 0.1) is 5.92 Å². The lowest BCUT2D eigenvalue weighted by Crippen LogP contribution is -2.42. The zero-order chi connectivity index (χ0) is 14.9. The van der Waals surface area contributed by atoms with Gasteiger partial charge in [-0.3, -0.25) is 0 Å². The smallest absolute Gasteiger partial charge is 0.244 e. The fourth-order valence-electron chi connectivity index (χ4n) is 2.46. The zero-order valence-corrected chi connectivity index (χ0v) is 15.6. The van der Waals surface area contributed by atoms with Crippen molar-refractivity contribution in [3.8, 4) is 0 Å². The van der Waals surface area contributed by atoms with Crippen LogP contribution in [0.4, 0.5) is 0 Å². The molecule has 1 aromatic carbocycles. The molecule has 1 aliphatic heterocycles. The van der Waals surface area contributed by atoms with E-state index in [0.29, 0.717) is 23.5 Å². The molecule has 1 atom stereocenters. The van der Waals surface area contributed by atoms with E-state index in [-0.39, 0.29) is 28.4 Å². The molecule has 1 aromatic rings. The predicted octanol–water partition coefficient (Wildman–Crippen LogP) is 3.27. The maximum Gasteiger partial charge on any atom is 0.244 e. The average molecular weight is 418 g/mol. The fraction of sp³-hybridized carbons (Fsp3) is 0.538. The zero-order valence-electron chi connectivity index (χ0n) is 11.6. The van der Waals surface area contributed by atoms with Gasteiger partial charge in [0.05, 0.1) is 5.02 Å². The molecule has 1 aliphatic rings. The van der Waals surface area contributed by atoms with Gasteiger partial charge in [-0.1, -0.05) is 17.7 Å². The van der Waals surface area contributed by atoms with Crippen molar-refractivity contribution < 1.29 is 8.42 Å². The van der Waals surface area contributed by atoms with Crippen LogP contribution in [-0.2, 0) is 10.0 Å². The van der Waals surface area contributed by atoms with E-state index in [1.807, 2.05) is 6.92 Å². The highest BCUT2D eigenvalue weighted by Gasteiger charge is 2.32. The summed E-state index contributed by atoms with van der Waals surface area (Å²) in [6.45, 7) is 2.97. The first-order valence-corrected chi connectivity index (χ1v) is 9.15. The van der Waals surface area contributed by atoms with Crippen molar-refractivity contribution in [2.45, 2.75) is 30.7 Å². The van der Waals surface area contributed by atoms with Crippen molar-refractivity contribution in [1.29, 1.82) is 0 Å². The Morgan fingerprint density at radius 2 is 1.95 bits per heavy atom. The first-order valence-electron chi connectivity index (χ1n) is 6.53. The van der Waals surface area contributed by atoms with E-state index in [0.717, 1.165) is 12.8 Å². The van der Waals surface area contributed by atoms with Gasteiger partial charge in [-0.15, -0.1) is 12.4 Å². The lowest BCUT2D eigenvalue weighted by molar-refractivity contribution is 0.250. The van der Waals surface area contributed by atoms with Gasteiger partial charge < -0.3 is 5.73 Å². The summed E-state index contributed by atoms with van der Waals surface area (Å²) in [5, 5.41) is 0.238. The van der Waals surface area contributed by atoms with Crippen LogP contribution >= 0.6 is 39.9 Å². The van der Waals surface area contributed by atoms with Gasteiger partial charge in [0.2, 0.25) is 10.0 Å². The SMILES string of the molecule is CC(N)C1CCN(S(=O)(=O)c2cccc(Br)c2Cl)CC1.Cl. The van der Waals surface area contributed by atoms with Gasteiger partial charge >= 0.3 is 0 Å². The number of rotatable bonds is 3. The molecule has 4 nitrogen and oxygen atoms in total. The topological polar surface area (TPSA) is 63.4 Å². The number of halogens is 3. The number of nitrogens with zero attached hydrogens (tertiary/aromatic N) is 1. The van der Waals surface area contributed by atoms with Gasteiger partial charge in [0.15, 0.2) is 0 Å². The molecule has 0 spiro atoms. The molecule has 8 heteroatoms. The van der Waals surface area contributed by atoms with Gasteiger partial charge in [-0.05, 0) is 53.7 Å². The van der Waals surface area contributed by atoms with Crippen LogP contribution in [0.5, 0.6) is 0 Å². The maximum absolute atomic E-state index is 12.6. The lowest BCUT2D eigenvalue weighted by atomic mass is 9.92. The summed E-state index contributed by atoms with van der Waals surface area (Å²) >= 11 is 9.36. The van der Waals surface area contributed by atoms with E-state index < -0.39 is 10.0 Å². The third kappa shape index (κ3) is 4.12. The normalized spacial score (nSPS) is 19.0. The van der Waals surface area contributed by atoms with Crippen LogP contribution in [0.1, 0.15) is 19.8 Å². The number of piperidine rings is 1. The highest BCUT2D eigenvalue weighted by molar-refractivity contribution is 9.10. The number of hydrogen-bond donors (Lipinski definition) is 1. The number of benzene rings is 1. The lowest BCUT2D eigenvalue weighted by Gasteiger charge is -2.33. The van der Waals surface area contributed by atoms with E-state index in [9.17, 15) is 8.42 Å². The maximum atomic E-state index is 12.6. The number of nitrogens with two attached hydrogens (primary N) is 1. The van der Waals surface area contributed by atoms with E-state index in [4.69, 9.17) is 17.3 Å². The molecular weight excluding hydrogens is 399 g/mol. The van der Waals surface area contributed by atoms with Crippen LogP contribution in [0.25, 0.3) is 0 Å². The van der Waals surface area contributed by atoms with Crippen molar-refractivity contribution >= 4 is 50.0 Å². The van der Waals surface area contributed by atoms with Crippen molar-refractivity contribution in [3.63, 3.8) is 0 Å². The molecule has 0 radical (unpaired) electrons. The van der Waals surface area contributed by atoms with Crippen molar-refractivity contribution in [2.24, 2.45) is 11.7 Å². The van der Waals surface area contributed by atoms with Gasteiger partial charge in [0.25, 0.3) is 0 Å². The third-order valence-corrected chi connectivity index (χ3v) is 7.13. The number of sulfonamides is 1. The molecule has 21 heavy (non-hydrogen) atoms. The minimum absolute atomic E-state index is 0. The molecular formula is C13H19BrCl2N2O2S. The minimum Gasteiger partial charge on any atom is -0.328 e. The Morgan fingerprint density at radius 3 is 2.48 bits per heavy atom. The van der Waals surface area contributed by atoms with Crippen LogP contribution in [-0.4, -0.2) is 31.9 Å². The van der Waals surface area contributed by atoms with Crippen LogP contribution in [0.15, 0.2) is 27.6 Å². The largest absolute Gasteiger partial charge is 0.328 e. The van der Waals surface area contributed by atoms with Gasteiger partial charge in [0, 0.05) is 23.6 Å². The van der Waals surface area contributed by atoms with Crippen molar-refractivity contribution in [3.05, 3.63) is 27.7 Å². The average Bonchev–Trinajstić information content (AvgIpc) is 2.41. The van der Waals surface area contributed by atoms with Gasteiger partial charge in [-0.25, -0.2) is 8.42 Å². The molecule has 0 bridgehead atoms. The highest BCUT2D eigenvalue weighted by atomic mass is 79.9. The molecule has 0 saturated carbocycles. The van der Waals surface area contributed by atoms with Gasteiger partial charge in [-0.2, -0.15) is 4.31 Å². The Kier molecular flexibility index (Phi) is 6.96. The van der Waals surface area contributed by atoms with Crippen LogP contribution in [0.3, 0.4) is 0 Å². The summed E-state index contributed by atoms with van der Waals surface area (Å²) in [5.74, 6) is 0.388. The summed E-state index contributed by atoms with van der Waals surface area (Å²) in [6.07, 6.45) is 1.59. The Labute approximate surface area is 145 Å². The Hall–Kier alpha value is 0.150. The second-order valence-corrected chi connectivity index (χ2v) is 8.29. The van der Waals surface area contributed by atoms with E-state index in [1.54, 1.807) is 18.2 Å². The molecule has 1 fully saturated rings. The quantitative estimate of drug-likeness (QED) is 0.820. The fourth-order valence-corrected chi connectivity index (χ4v) is 4.94. The summed E-state index contributed by atoms with van der Waals surface area (Å²) in [7, 11) is -3.53. The molecule has 0 aromatic heterocycles. The molecule has 1 heterocycles. The molecule has 1 unspecified atom stereocenters. The van der Waals surface area contributed by atoms with Crippen LogP contribution < -0.4 is 5.73 Å². The van der Waals surface area contributed by atoms with Crippen molar-refractivity contribution in [2.75, 3.05) is 13.1 Å². The first-order chi connectivity index (χ1) is 9.34. The molecule has 0 aliphatic carbocycles. The van der Waals surface area contributed by atoms with E-state index in [1.165, 1.54) is 4.31 Å². The summed E-state index contributed by atoms with van der Waals surface area (Å²) in [5.41, 5.74) is 5.88. The molecule has 2 N–H and O–H groups in total. The second kappa shape index (κ2) is 7.62. The summed E-state index contributed by atoms with van der Waals surface area (Å²) in [6, 6.07) is 5.05. The summed E-state index contributed by atoms with van der Waals surface area (Å²) < 4.78 is 27.3. The molecule has 1 saturated heterocycles. The third-order valence-electron chi connectivity index (χ3n) is 3.78. The van der Waals surface area contributed by atoms with E-state index >= 15 is 0 Å². The summed E-state index contributed by atoms with van der Waals surface area (Å²) in [4.78, 5) is 0.160. The predicted molar refractivity (Wildman–Crippen MR) is 91.5 cm³/mol. The monoisotopic (exact) mass is 416 g/mol. The van der Waals surface area contributed by atoms with Gasteiger partial charge in [0.1, 0.15) is 4.90 Å². The van der Waals surface area contributed by atoms with E-state index in [2.05, 4.69) is 15.9 Å². The second-order valence-electron chi connectivity index (χ2n) is 5.15. The molecule has 0 amide bonds. The Morgan fingerprint density at radius 1 is 1.38 bits per heavy atom. The first kappa shape index (κ1) is 19.2. The minimum atomic E-state index is -3.53. The Bertz CT molecular complexity index is 588.